The van der Waals surface area contributed by atoms with Crippen LogP contribution in [0.15, 0.2) is 48.5 Å². The summed E-state index contributed by atoms with van der Waals surface area (Å²) in [5.41, 5.74) is 9.06. The average molecular weight is 375 g/mol. The number of rotatable bonds is 6. The van der Waals surface area contributed by atoms with Crippen LogP contribution in [0.2, 0.25) is 0 Å². The Hall–Kier alpha value is -2.04. The normalized spacial score (nSPS) is 16.2. The van der Waals surface area contributed by atoms with Gasteiger partial charge in [0.15, 0.2) is 0 Å². The van der Waals surface area contributed by atoms with Crippen LogP contribution < -0.4 is 10.5 Å². The molecule has 2 N–H and O–H groups in total. The van der Waals surface area contributed by atoms with E-state index >= 15 is 0 Å². The van der Waals surface area contributed by atoms with Crippen LogP contribution in [0.3, 0.4) is 0 Å². The number of carbonyl (C=O) groups excluding carboxylic acids is 1. The molecular weight excluding hydrogens is 348 g/mol. The molecule has 3 rings (SSSR count). The number of amides is 1. The van der Waals surface area contributed by atoms with Crippen LogP contribution in [0, 0.1) is 12.8 Å². The van der Waals surface area contributed by atoms with Crippen LogP contribution in [0.4, 0.5) is 0 Å². The van der Waals surface area contributed by atoms with E-state index in [4.69, 9.17) is 10.5 Å². The van der Waals surface area contributed by atoms with Crippen molar-refractivity contribution >= 4 is 18.3 Å². The Bertz CT molecular complexity index is 735. The van der Waals surface area contributed by atoms with Gasteiger partial charge in [-0.3, -0.25) is 4.79 Å². The summed E-state index contributed by atoms with van der Waals surface area (Å²) in [6.45, 7) is 4.88. The Balaban J connectivity index is 0.00000243. The highest BCUT2D eigenvalue weighted by Crippen LogP contribution is 2.19. The van der Waals surface area contributed by atoms with Crippen molar-refractivity contribution in [1.29, 1.82) is 0 Å². The summed E-state index contributed by atoms with van der Waals surface area (Å²) in [6.07, 6.45) is 1.43. The molecule has 0 spiro atoms. The van der Waals surface area contributed by atoms with Crippen molar-refractivity contribution in [3.63, 3.8) is 0 Å². The van der Waals surface area contributed by atoms with E-state index in [0.717, 1.165) is 36.4 Å². The number of nitrogens with zero attached hydrogens (tertiary/aromatic N) is 1. The Morgan fingerprint density at radius 1 is 1.19 bits per heavy atom. The summed E-state index contributed by atoms with van der Waals surface area (Å²) in [5.74, 6) is 1.42. The first kappa shape index (κ1) is 20.3. The van der Waals surface area contributed by atoms with Gasteiger partial charge in [-0.15, -0.1) is 12.4 Å². The van der Waals surface area contributed by atoms with Crippen molar-refractivity contribution in [3.05, 3.63) is 65.2 Å². The molecule has 1 unspecified atom stereocenters. The number of hydrogen-bond donors (Lipinski definition) is 1. The lowest BCUT2D eigenvalue weighted by Crippen LogP contribution is -2.31. The maximum absolute atomic E-state index is 12.4. The molecule has 1 saturated heterocycles. The lowest BCUT2D eigenvalue weighted by atomic mass is 10.1. The van der Waals surface area contributed by atoms with Crippen molar-refractivity contribution in [1.82, 2.24) is 4.90 Å². The summed E-state index contributed by atoms with van der Waals surface area (Å²) in [5, 5.41) is 0. The van der Waals surface area contributed by atoms with E-state index in [0.29, 0.717) is 25.5 Å². The van der Waals surface area contributed by atoms with Gasteiger partial charge in [-0.2, -0.15) is 0 Å². The molecule has 1 heterocycles. The minimum Gasteiger partial charge on any atom is -0.489 e. The van der Waals surface area contributed by atoms with E-state index in [1.54, 1.807) is 0 Å². The van der Waals surface area contributed by atoms with Gasteiger partial charge in [-0.05, 0) is 49.1 Å². The summed E-state index contributed by atoms with van der Waals surface area (Å²) >= 11 is 0. The minimum absolute atomic E-state index is 0. The fraction of sp³-hybridized carbons (Fsp3) is 0.381. The highest BCUT2D eigenvalue weighted by molar-refractivity contribution is 5.85. The first-order valence-electron chi connectivity index (χ1n) is 8.89. The Morgan fingerprint density at radius 2 is 1.96 bits per heavy atom. The quantitative estimate of drug-likeness (QED) is 0.843. The molecule has 1 aliphatic rings. The zero-order valence-electron chi connectivity index (χ0n) is 15.2. The molecule has 4 nitrogen and oxygen atoms in total. The number of aryl methyl sites for hydroxylation is 1. The third-order valence-electron chi connectivity index (χ3n) is 4.71. The van der Waals surface area contributed by atoms with Crippen LogP contribution in [0.1, 0.15) is 23.1 Å². The van der Waals surface area contributed by atoms with E-state index < -0.39 is 0 Å². The summed E-state index contributed by atoms with van der Waals surface area (Å²) < 4.78 is 5.89. The molecule has 0 aromatic heterocycles. The standard InChI is InChI=1S/C21H26N2O2.ClH/c1-16-4-2-6-18(10-16)15-25-20-7-3-5-17(11-20)12-21(24)23-9-8-19(13-22)14-23;/h2-7,10-11,19H,8-9,12-15,22H2,1H3;1H. The Kier molecular flexibility index (Phi) is 7.49. The Labute approximate surface area is 161 Å². The van der Waals surface area contributed by atoms with Crippen LogP contribution in [0.25, 0.3) is 0 Å². The van der Waals surface area contributed by atoms with Crippen LogP contribution >= 0.6 is 12.4 Å². The van der Waals surface area contributed by atoms with Crippen molar-refractivity contribution in [2.45, 2.75) is 26.4 Å². The molecule has 2 aromatic rings. The zero-order chi connectivity index (χ0) is 17.6. The number of benzene rings is 2. The maximum atomic E-state index is 12.4. The van der Waals surface area contributed by atoms with Crippen molar-refractivity contribution in [2.75, 3.05) is 19.6 Å². The van der Waals surface area contributed by atoms with Crippen LogP contribution in [0.5, 0.6) is 5.75 Å². The van der Waals surface area contributed by atoms with Crippen LogP contribution in [-0.2, 0) is 17.8 Å². The van der Waals surface area contributed by atoms with Crippen molar-refractivity contribution in [3.8, 4) is 5.75 Å². The van der Waals surface area contributed by atoms with Gasteiger partial charge in [-0.25, -0.2) is 0 Å². The second-order valence-corrected chi connectivity index (χ2v) is 6.83. The smallest absolute Gasteiger partial charge is 0.227 e. The van der Waals surface area contributed by atoms with Gasteiger partial charge < -0.3 is 15.4 Å². The summed E-state index contributed by atoms with van der Waals surface area (Å²) in [7, 11) is 0. The maximum Gasteiger partial charge on any atom is 0.227 e. The lowest BCUT2D eigenvalue weighted by molar-refractivity contribution is -0.129. The molecule has 140 valence electrons. The minimum atomic E-state index is 0. The number of hydrogen-bond acceptors (Lipinski definition) is 3. The van der Waals surface area contributed by atoms with Gasteiger partial charge in [0, 0.05) is 13.1 Å². The van der Waals surface area contributed by atoms with E-state index in [2.05, 4.69) is 25.1 Å². The van der Waals surface area contributed by atoms with Gasteiger partial charge in [0.2, 0.25) is 5.91 Å². The highest BCUT2D eigenvalue weighted by Gasteiger charge is 2.25. The molecule has 0 radical (unpaired) electrons. The fourth-order valence-corrected chi connectivity index (χ4v) is 3.25. The van der Waals surface area contributed by atoms with E-state index in [9.17, 15) is 4.79 Å². The number of ether oxygens (including phenoxy) is 1. The summed E-state index contributed by atoms with van der Waals surface area (Å²) in [6, 6.07) is 16.1. The first-order valence-corrected chi connectivity index (χ1v) is 8.89. The molecule has 5 heteroatoms. The molecule has 2 aromatic carbocycles. The van der Waals surface area contributed by atoms with Crippen molar-refractivity contribution in [2.24, 2.45) is 11.7 Å². The van der Waals surface area contributed by atoms with E-state index in [1.165, 1.54) is 5.56 Å². The molecule has 1 aliphatic heterocycles. The number of nitrogens with two attached hydrogens (primary N) is 1. The monoisotopic (exact) mass is 374 g/mol. The SMILES string of the molecule is Cc1cccc(COc2cccc(CC(=O)N3CCC(CN)C3)c2)c1.Cl. The van der Waals surface area contributed by atoms with Crippen molar-refractivity contribution < 1.29 is 9.53 Å². The van der Waals surface area contributed by atoms with Crippen LogP contribution in [-0.4, -0.2) is 30.4 Å². The molecule has 0 bridgehead atoms. The second kappa shape index (κ2) is 9.60. The first-order chi connectivity index (χ1) is 12.1. The highest BCUT2D eigenvalue weighted by atomic mass is 35.5. The van der Waals surface area contributed by atoms with Gasteiger partial charge in [0.25, 0.3) is 0 Å². The molecule has 0 saturated carbocycles. The Morgan fingerprint density at radius 3 is 2.69 bits per heavy atom. The average Bonchev–Trinajstić information content (AvgIpc) is 3.10. The van der Waals surface area contributed by atoms with E-state index in [-0.39, 0.29) is 18.3 Å². The molecule has 0 aliphatic carbocycles. The molecule has 1 fully saturated rings. The lowest BCUT2D eigenvalue weighted by Gasteiger charge is -2.16. The predicted molar refractivity (Wildman–Crippen MR) is 107 cm³/mol. The number of carbonyl (C=O) groups is 1. The topological polar surface area (TPSA) is 55.6 Å². The largest absolute Gasteiger partial charge is 0.489 e. The predicted octanol–water partition coefficient (Wildman–Crippen LogP) is 3.35. The van der Waals surface area contributed by atoms with Gasteiger partial charge in [0.1, 0.15) is 12.4 Å². The summed E-state index contributed by atoms with van der Waals surface area (Å²) in [4.78, 5) is 14.4. The van der Waals surface area contributed by atoms with Gasteiger partial charge in [-0.1, -0.05) is 42.0 Å². The van der Waals surface area contributed by atoms with E-state index in [1.807, 2.05) is 35.2 Å². The third kappa shape index (κ3) is 5.48. The molecular formula is C21H27ClN2O2. The van der Waals surface area contributed by atoms with Gasteiger partial charge >= 0.3 is 0 Å². The molecule has 26 heavy (non-hydrogen) atoms. The molecule has 1 amide bonds. The van der Waals surface area contributed by atoms with Gasteiger partial charge in [0.05, 0.1) is 6.42 Å². The second-order valence-electron chi connectivity index (χ2n) is 6.83. The zero-order valence-corrected chi connectivity index (χ0v) is 16.0. The third-order valence-corrected chi connectivity index (χ3v) is 4.71. The number of likely N-dealkylation sites (tertiary alicyclic amines) is 1. The number of halogens is 1. The fourth-order valence-electron chi connectivity index (χ4n) is 3.25. The molecule has 1 atom stereocenters.